The molecular weight excluding hydrogens is 380 g/mol. The summed E-state index contributed by atoms with van der Waals surface area (Å²) in [6, 6.07) is 5.32. The molecule has 2 N–H and O–H groups in total. The van der Waals surface area contributed by atoms with Gasteiger partial charge in [0.25, 0.3) is 5.91 Å². The molecule has 1 aromatic rings. The monoisotopic (exact) mass is 410 g/mol. The number of piperidine rings is 1. The second-order valence-corrected chi connectivity index (χ2v) is 8.66. The second kappa shape index (κ2) is 8.50. The van der Waals surface area contributed by atoms with Crippen molar-refractivity contribution in [3.05, 3.63) is 47.2 Å². The number of rotatable bonds is 4. The van der Waals surface area contributed by atoms with Crippen molar-refractivity contribution in [3.63, 3.8) is 0 Å². The lowest BCUT2D eigenvalue weighted by atomic mass is 9.96. The number of fused-ring (bicyclic) bond motifs is 1. The van der Waals surface area contributed by atoms with Gasteiger partial charge in [-0.3, -0.25) is 9.59 Å². The number of allylic oxidation sites excluding steroid dienone is 1. The lowest BCUT2D eigenvalue weighted by Crippen LogP contribution is -2.49. The smallest absolute Gasteiger partial charge is 0.317 e. The summed E-state index contributed by atoms with van der Waals surface area (Å²) in [6.07, 6.45) is 6.92. The predicted molar refractivity (Wildman–Crippen MR) is 113 cm³/mol. The van der Waals surface area contributed by atoms with Crippen LogP contribution in [-0.2, 0) is 17.9 Å². The molecule has 2 heterocycles. The maximum atomic E-state index is 13.0. The molecule has 1 aliphatic carbocycles. The van der Waals surface area contributed by atoms with Crippen LogP contribution in [0.15, 0.2) is 30.5 Å². The Hall–Kier alpha value is -2.83. The first-order chi connectivity index (χ1) is 14.4. The molecule has 1 saturated heterocycles. The zero-order valence-electron chi connectivity index (χ0n) is 17.6. The van der Waals surface area contributed by atoms with E-state index in [0.717, 1.165) is 24.0 Å². The fraction of sp³-hybridized carbons (Fsp3) is 0.522. The number of carbonyl (C=O) groups excluding carboxylic acids is 3. The van der Waals surface area contributed by atoms with Crippen molar-refractivity contribution >= 4 is 17.8 Å². The number of hydrogen-bond acceptors (Lipinski definition) is 3. The van der Waals surface area contributed by atoms with Crippen molar-refractivity contribution < 1.29 is 14.4 Å². The van der Waals surface area contributed by atoms with Crippen molar-refractivity contribution in [2.45, 2.75) is 70.1 Å². The number of nitrogens with one attached hydrogen (secondary N) is 2. The van der Waals surface area contributed by atoms with Crippen molar-refractivity contribution in [1.82, 2.24) is 20.4 Å². The Kier molecular flexibility index (Phi) is 5.79. The van der Waals surface area contributed by atoms with Crippen LogP contribution in [0.1, 0.15) is 66.4 Å². The fourth-order valence-electron chi connectivity index (χ4n) is 4.74. The average Bonchev–Trinajstić information content (AvgIpc) is 3.06. The molecule has 160 valence electrons. The summed E-state index contributed by atoms with van der Waals surface area (Å²) in [5, 5.41) is 5.90. The summed E-state index contributed by atoms with van der Waals surface area (Å²) in [6.45, 7) is 4.63. The first-order valence-corrected chi connectivity index (χ1v) is 10.9. The Balaban J connectivity index is 1.45. The van der Waals surface area contributed by atoms with Gasteiger partial charge in [-0.05, 0) is 42.9 Å². The van der Waals surface area contributed by atoms with Gasteiger partial charge in [0.15, 0.2) is 0 Å². The zero-order valence-corrected chi connectivity index (χ0v) is 17.6. The molecule has 0 spiro atoms. The SMILES string of the molecule is C=C1CCC(N2Cc3c(CN(C)C(=O)NC4CCCCC4)cccc3C2=O)C(=O)N1. The number of amides is 4. The number of urea groups is 1. The van der Waals surface area contributed by atoms with E-state index in [2.05, 4.69) is 17.2 Å². The Labute approximate surface area is 177 Å². The summed E-state index contributed by atoms with van der Waals surface area (Å²) in [5.41, 5.74) is 3.19. The van der Waals surface area contributed by atoms with Crippen LogP contribution >= 0.6 is 0 Å². The molecule has 1 atom stereocenters. The molecule has 0 aromatic heterocycles. The summed E-state index contributed by atoms with van der Waals surface area (Å²) in [7, 11) is 1.78. The van der Waals surface area contributed by atoms with Crippen molar-refractivity contribution in [1.29, 1.82) is 0 Å². The van der Waals surface area contributed by atoms with Gasteiger partial charge in [-0.2, -0.15) is 0 Å². The van der Waals surface area contributed by atoms with E-state index < -0.39 is 6.04 Å². The third kappa shape index (κ3) is 4.06. The molecule has 3 aliphatic rings. The number of nitrogens with zero attached hydrogens (tertiary/aromatic N) is 2. The molecule has 4 amide bonds. The van der Waals surface area contributed by atoms with E-state index in [1.807, 2.05) is 18.2 Å². The molecule has 4 rings (SSSR count). The van der Waals surface area contributed by atoms with Crippen LogP contribution < -0.4 is 10.6 Å². The van der Waals surface area contributed by atoms with Crippen LogP contribution in [-0.4, -0.2) is 46.8 Å². The van der Waals surface area contributed by atoms with Gasteiger partial charge in [-0.25, -0.2) is 4.79 Å². The minimum Gasteiger partial charge on any atom is -0.335 e. The predicted octanol–water partition coefficient (Wildman–Crippen LogP) is 2.91. The van der Waals surface area contributed by atoms with E-state index >= 15 is 0 Å². The summed E-state index contributed by atoms with van der Waals surface area (Å²) in [5.74, 6) is -0.285. The highest BCUT2D eigenvalue weighted by Crippen LogP contribution is 2.31. The molecule has 2 fully saturated rings. The Morgan fingerprint density at radius 2 is 2.00 bits per heavy atom. The molecule has 30 heavy (non-hydrogen) atoms. The van der Waals surface area contributed by atoms with Crippen LogP contribution in [0.4, 0.5) is 4.79 Å². The fourth-order valence-corrected chi connectivity index (χ4v) is 4.74. The maximum absolute atomic E-state index is 13.0. The maximum Gasteiger partial charge on any atom is 0.317 e. The molecule has 0 bridgehead atoms. The third-order valence-corrected chi connectivity index (χ3v) is 6.48. The molecule has 2 aliphatic heterocycles. The van der Waals surface area contributed by atoms with Gasteiger partial charge in [-0.15, -0.1) is 0 Å². The lowest BCUT2D eigenvalue weighted by Gasteiger charge is -2.31. The quantitative estimate of drug-likeness (QED) is 0.801. The lowest BCUT2D eigenvalue weighted by molar-refractivity contribution is -0.126. The highest BCUT2D eigenvalue weighted by Gasteiger charge is 2.39. The van der Waals surface area contributed by atoms with Crippen molar-refractivity contribution in [2.75, 3.05) is 7.05 Å². The second-order valence-electron chi connectivity index (χ2n) is 8.66. The highest BCUT2D eigenvalue weighted by atomic mass is 16.2. The molecule has 1 aromatic carbocycles. The van der Waals surface area contributed by atoms with Crippen LogP contribution in [0, 0.1) is 0 Å². The van der Waals surface area contributed by atoms with E-state index in [0.29, 0.717) is 37.2 Å². The highest BCUT2D eigenvalue weighted by molar-refractivity contribution is 6.01. The van der Waals surface area contributed by atoms with Gasteiger partial charge in [0.2, 0.25) is 5.91 Å². The van der Waals surface area contributed by atoms with Crippen LogP contribution in [0.2, 0.25) is 0 Å². The minimum atomic E-state index is -0.476. The van der Waals surface area contributed by atoms with Gasteiger partial charge in [-0.1, -0.05) is 38.0 Å². The Bertz CT molecular complexity index is 875. The summed E-state index contributed by atoms with van der Waals surface area (Å²) >= 11 is 0. The number of hydrogen-bond donors (Lipinski definition) is 2. The van der Waals surface area contributed by atoms with Crippen molar-refractivity contribution in [3.8, 4) is 0 Å². The Morgan fingerprint density at radius 1 is 1.23 bits per heavy atom. The molecule has 7 heteroatoms. The first kappa shape index (κ1) is 20.4. The van der Waals surface area contributed by atoms with E-state index in [4.69, 9.17) is 0 Å². The van der Waals surface area contributed by atoms with Gasteiger partial charge in [0.1, 0.15) is 6.04 Å². The topological polar surface area (TPSA) is 81.8 Å². The number of benzene rings is 1. The molecule has 0 radical (unpaired) electrons. The molecule has 1 unspecified atom stereocenters. The van der Waals surface area contributed by atoms with Crippen LogP contribution in [0.3, 0.4) is 0 Å². The molecule has 1 saturated carbocycles. The molecule has 7 nitrogen and oxygen atoms in total. The molecular formula is C23H30N4O3. The van der Waals surface area contributed by atoms with Crippen molar-refractivity contribution in [2.24, 2.45) is 0 Å². The number of carbonyl (C=O) groups is 3. The largest absolute Gasteiger partial charge is 0.335 e. The van der Waals surface area contributed by atoms with Crippen LogP contribution in [0.5, 0.6) is 0 Å². The average molecular weight is 411 g/mol. The van der Waals surface area contributed by atoms with Gasteiger partial charge in [0.05, 0.1) is 0 Å². The van der Waals surface area contributed by atoms with Gasteiger partial charge >= 0.3 is 6.03 Å². The van der Waals surface area contributed by atoms with Gasteiger partial charge in [0, 0.05) is 37.4 Å². The third-order valence-electron chi connectivity index (χ3n) is 6.48. The van der Waals surface area contributed by atoms with Crippen LogP contribution in [0.25, 0.3) is 0 Å². The zero-order chi connectivity index (χ0) is 21.3. The summed E-state index contributed by atoms with van der Waals surface area (Å²) < 4.78 is 0. The normalized spacial score (nSPS) is 22.0. The van der Waals surface area contributed by atoms with E-state index in [-0.39, 0.29) is 23.9 Å². The van der Waals surface area contributed by atoms with Gasteiger partial charge < -0.3 is 20.4 Å². The van der Waals surface area contributed by atoms with E-state index in [1.54, 1.807) is 16.8 Å². The first-order valence-electron chi connectivity index (χ1n) is 10.9. The van der Waals surface area contributed by atoms with E-state index in [9.17, 15) is 14.4 Å². The van der Waals surface area contributed by atoms with E-state index in [1.165, 1.54) is 19.3 Å². The standard InChI is InChI=1S/C23H30N4O3/c1-15-11-12-20(21(28)24-15)27-14-19-16(7-6-10-18(19)22(27)29)13-26(2)23(30)25-17-8-4-3-5-9-17/h6-7,10,17,20H,1,3-5,8-9,11-14H2,2H3,(H,24,28)(H,25,30). The minimum absolute atomic E-state index is 0.0779. The Morgan fingerprint density at radius 3 is 2.73 bits per heavy atom. The summed E-state index contributed by atoms with van der Waals surface area (Å²) in [4.78, 5) is 41.4.